The van der Waals surface area contributed by atoms with Crippen LogP contribution < -0.4 is 0 Å². The van der Waals surface area contributed by atoms with Crippen LogP contribution in [0.25, 0.3) is 20.4 Å². The van der Waals surface area contributed by atoms with Gasteiger partial charge in [0, 0.05) is 11.5 Å². The maximum atomic E-state index is 4.64. The van der Waals surface area contributed by atoms with Crippen LogP contribution in [0.15, 0.2) is 57.2 Å². The normalized spacial score (nSPS) is 11.5. The number of nitrogens with zero attached hydrogens (tertiary/aromatic N) is 2. The molecule has 0 atom stereocenters. The predicted octanol–water partition coefficient (Wildman–Crippen LogP) is 7.09. The van der Waals surface area contributed by atoms with Crippen LogP contribution in [0.4, 0.5) is 0 Å². The van der Waals surface area contributed by atoms with Crippen molar-refractivity contribution in [1.82, 2.24) is 9.97 Å². The fourth-order valence-corrected chi connectivity index (χ4v) is 9.45. The Hall–Kier alpha value is -0.380. The molecule has 0 fully saturated rings. The van der Waals surface area contributed by atoms with Gasteiger partial charge in [0.05, 0.1) is 20.4 Å². The number of fused-ring (bicyclic) bond motifs is 2. The van der Waals surface area contributed by atoms with Gasteiger partial charge in [-0.05, 0) is 45.9 Å². The summed E-state index contributed by atoms with van der Waals surface area (Å²) >= 11 is 3.54. The van der Waals surface area contributed by atoms with E-state index >= 15 is 0 Å². The van der Waals surface area contributed by atoms with E-state index in [2.05, 4.69) is 46.4 Å². The lowest BCUT2D eigenvalue weighted by Crippen LogP contribution is -1.78. The van der Waals surface area contributed by atoms with Crippen LogP contribution in [0.1, 0.15) is 0 Å². The molecule has 4 rings (SSSR count). The summed E-state index contributed by atoms with van der Waals surface area (Å²) in [7, 11) is 7.32. The summed E-state index contributed by atoms with van der Waals surface area (Å²) in [5, 5.41) is 0. The molecule has 4 aromatic rings. The molecule has 2 nitrogen and oxygen atoms in total. The minimum atomic E-state index is 1.10. The molecule has 2 aromatic heterocycles. The van der Waals surface area contributed by atoms with E-state index in [1.54, 1.807) is 44.3 Å². The second-order valence-corrected chi connectivity index (χ2v) is 12.1. The van der Waals surface area contributed by atoms with Crippen molar-refractivity contribution in [2.75, 3.05) is 11.5 Å². The number of hydrogen-bond acceptors (Lipinski definition) is 8. The van der Waals surface area contributed by atoms with Crippen LogP contribution in [0.2, 0.25) is 0 Å². The second kappa shape index (κ2) is 8.33. The molecule has 0 saturated heterocycles. The zero-order chi connectivity index (χ0) is 16.2. The van der Waals surface area contributed by atoms with Gasteiger partial charge >= 0.3 is 0 Å². The number of benzene rings is 2. The van der Waals surface area contributed by atoms with Crippen molar-refractivity contribution < 1.29 is 0 Å². The minimum Gasteiger partial charge on any atom is -0.229 e. The van der Waals surface area contributed by atoms with Crippen molar-refractivity contribution in [3.63, 3.8) is 0 Å². The fourth-order valence-electron chi connectivity index (χ4n) is 2.03. The van der Waals surface area contributed by atoms with Crippen LogP contribution in [-0.4, -0.2) is 21.5 Å². The highest BCUT2D eigenvalue weighted by Gasteiger charge is 2.06. The molecular formula is C16H12N2S6. The average Bonchev–Trinajstić information content (AvgIpc) is 3.20. The zero-order valence-corrected chi connectivity index (χ0v) is 17.3. The van der Waals surface area contributed by atoms with Crippen LogP contribution >= 0.6 is 65.8 Å². The first kappa shape index (κ1) is 17.1. The zero-order valence-electron chi connectivity index (χ0n) is 12.4. The Balaban J connectivity index is 1.20. The molecule has 0 aliphatic rings. The molecule has 2 aromatic carbocycles. The molecule has 0 amide bonds. The third kappa shape index (κ3) is 4.23. The summed E-state index contributed by atoms with van der Waals surface area (Å²) in [5.74, 6) is 2.20. The fraction of sp³-hybridized carbons (Fsp3) is 0.125. The van der Waals surface area contributed by atoms with Gasteiger partial charge in [-0.3, -0.25) is 0 Å². The van der Waals surface area contributed by atoms with E-state index in [1.807, 2.05) is 33.7 Å². The Morgan fingerprint density at radius 2 is 1.12 bits per heavy atom. The van der Waals surface area contributed by atoms with Gasteiger partial charge < -0.3 is 0 Å². The predicted molar refractivity (Wildman–Crippen MR) is 116 cm³/mol. The Kier molecular flexibility index (Phi) is 5.92. The Morgan fingerprint density at radius 3 is 1.58 bits per heavy atom. The summed E-state index contributed by atoms with van der Waals surface area (Å²) in [4.78, 5) is 9.29. The van der Waals surface area contributed by atoms with Gasteiger partial charge in [0.1, 0.15) is 0 Å². The first-order valence-corrected chi connectivity index (χ1v) is 13.5. The Morgan fingerprint density at radius 1 is 0.667 bits per heavy atom. The van der Waals surface area contributed by atoms with Crippen LogP contribution in [0, 0.1) is 0 Å². The molecule has 0 saturated carbocycles. The highest BCUT2D eigenvalue weighted by molar-refractivity contribution is 8.78. The van der Waals surface area contributed by atoms with Crippen LogP contribution in [0.5, 0.6) is 0 Å². The van der Waals surface area contributed by atoms with E-state index in [9.17, 15) is 0 Å². The molecule has 0 aliphatic heterocycles. The van der Waals surface area contributed by atoms with E-state index in [0.717, 1.165) is 31.2 Å². The van der Waals surface area contributed by atoms with Crippen molar-refractivity contribution >= 4 is 86.3 Å². The third-order valence-corrected chi connectivity index (χ3v) is 10.7. The lowest BCUT2D eigenvalue weighted by Gasteiger charge is -1.97. The lowest BCUT2D eigenvalue weighted by molar-refractivity contribution is 1.31. The summed E-state index contributed by atoms with van der Waals surface area (Å²) in [5.41, 5.74) is 2.21. The summed E-state index contributed by atoms with van der Waals surface area (Å²) < 4.78 is 4.82. The Bertz CT molecular complexity index is 804. The lowest BCUT2D eigenvalue weighted by atomic mass is 10.3. The average molecular weight is 425 g/mol. The number of aromatic nitrogens is 2. The molecule has 0 bridgehead atoms. The molecule has 122 valence electrons. The minimum absolute atomic E-state index is 1.10. The van der Waals surface area contributed by atoms with E-state index in [4.69, 9.17) is 0 Å². The van der Waals surface area contributed by atoms with Gasteiger partial charge in [0.25, 0.3) is 0 Å². The maximum Gasteiger partial charge on any atom is 0.161 e. The summed E-state index contributed by atoms with van der Waals surface area (Å²) in [6.45, 7) is 0. The van der Waals surface area contributed by atoms with E-state index in [1.165, 1.54) is 9.40 Å². The number of thiazole rings is 2. The SMILES string of the molecule is c1ccc2sc(SSCCSSc3nc4ccccc4s3)nc2c1. The quantitative estimate of drug-likeness (QED) is 0.232. The van der Waals surface area contributed by atoms with Crippen LogP contribution in [-0.2, 0) is 0 Å². The highest BCUT2D eigenvalue weighted by atomic mass is 33.1. The summed E-state index contributed by atoms with van der Waals surface area (Å²) in [6.07, 6.45) is 0. The van der Waals surface area contributed by atoms with Gasteiger partial charge in [-0.2, -0.15) is 0 Å². The van der Waals surface area contributed by atoms with Gasteiger partial charge in [0.2, 0.25) is 0 Å². The molecular weight excluding hydrogens is 413 g/mol. The highest BCUT2D eigenvalue weighted by Crippen LogP contribution is 2.40. The molecule has 24 heavy (non-hydrogen) atoms. The summed E-state index contributed by atoms with van der Waals surface area (Å²) in [6, 6.07) is 16.6. The van der Waals surface area contributed by atoms with Crippen molar-refractivity contribution in [2.24, 2.45) is 0 Å². The number of hydrogen-bond donors (Lipinski definition) is 0. The largest absolute Gasteiger partial charge is 0.229 e. The van der Waals surface area contributed by atoms with Gasteiger partial charge in [-0.1, -0.05) is 45.9 Å². The number of para-hydroxylation sites is 2. The van der Waals surface area contributed by atoms with Crippen molar-refractivity contribution in [1.29, 1.82) is 0 Å². The molecule has 0 radical (unpaired) electrons. The van der Waals surface area contributed by atoms with Crippen molar-refractivity contribution in [3.05, 3.63) is 48.5 Å². The monoisotopic (exact) mass is 424 g/mol. The Labute approximate surface area is 164 Å². The molecule has 2 heterocycles. The van der Waals surface area contributed by atoms with E-state index < -0.39 is 0 Å². The van der Waals surface area contributed by atoms with E-state index in [-0.39, 0.29) is 0 Å². The third-order valence-electron chi connectivity index (χ3n) is 3.06. The van der Waals surface area contributed by atoms with Gasteiger partial charge in [0.15, 0.2) is 8.68 Å². The molecule has 0 N–H and O–H groups in total. The van der Waals surface area contributed by atoms with Gasteiger partial charge in [-0.15, -0.1) is 22.7 Å². The smallest absolute Gasteiger partial charge is 0.161 e. The van der Waals surface area contributed by atoms with Crippen LogP contribution in [0.3, 0.4) is 0 Å². The van der Waals surface area contributed by atoms with Crippen molar-refractivity contribution in [3.8, 4) is 0 Å². The second-order valence-electron chi connectivity index (χ2n) is 4.71. The molecule has 0 unspecified atom stereocenters. The first-order chi connectivity index (χ1) is 11.9. The molecule has 0 aliphatic carbocycles. The standard InChI is InChI=1S/C16H12N2S6/c1-3-7-13-11(5-1)17-15(21-13)23-19-9-10-20-24-16-18-12-6-2-4-8-14(12)22-16/h1-8H,9-10H2. The van der Waals surface area contributed by atoms with E-state index in [0.29, 0.717) is 0 Å². The number of rotatable bonds is 7. The molecule has 0 spiro atoms. The topological polar surface area (TPSA) is 25.8 Å². The first-order valence-electron chi connectivity index (χ1n) is 7.18. The maximum absolute atomic E-state index is 4.64. The molecule has 8 heteroatoms. The van der Waals surface area contributed by atoms with Crippen molar-refractivity contribution in [2.45, 2.75) is 8.68 Å². The van der Waals surface area contributed by atoms with Gasteiger partial charge in [-0.25, -0.2) is 9.97 Å².